The molecular weight excluding hydrogens is 160 g/mol. The Balaban J connectivity index is 1.50. The van der Waals surface area contributed by atoms with Crippen molar-refractivity contribution in [2.45, 2.75) is 44.6 Å². The lowest BCUT2D eigenvalue weighted by atomic mass is 9.85. The first kappa shape index (κ1) is 9.47. The molecule has 2 nitrogen and oxygen atoms in total. The van der Waals surface area contributed by atoms with Crippen LogP contribution < -0.4 is 10.6 Å². The van der Waals surface area contributed by atoms with Crippen LogP contribution in [-0.2, 0) is 0 Å². The van der Waals surface area contributed by atoms with Gasteiger partial charge in [0.05, 0.1) is 0 Å². The second-order valence-electron chi connectivity index (χ2n) is 4.60. The quantitative estimate of drug-likeness (QED) is 0.689. The fourth-order valence-electron chi connectivity index (χ4n) is 2.26. The van der Waals surface area contributed by atoms with E-state index in [9.17, 15) is 0 Å². The van der Waals surface area contributed by atoms with Gasteiger partial charge < -0.3 is 10.6 Å². The number of hydrogen-bond acceptors (Lipinski definition) is 2. The second kappa shape index (κ2) is 4.97. The first-order chi connectivity index (χ1) is 6.45. The molecule has 76 valence electrons. The predicted molar refractivity (Wildman–Crippen MR) is 55.9 cm³/mol. The zero-order valence-electron chi connectivity index (χ0n) is 8.52. The number of rotatable bonds is 4. The molecule has 0 bridgehead atoms. The highest BCUT2D eigenvalue weighted by Crippen LogP contribution is 2.25. The van der Waals surface area contributed by atoms with Crippen LogP contribution in [-0.4, -0.2) is 25.7 Å². The SMILES string of the molecule is C1CCC(CNCC2CCC2)NC1. The van der Waals surface area contributed by atoms with Crippen LogP contribution in [0.5, 0.6) is 0 Å². The van der Waals surface area contributed by atoms with Crippen LogP contribution in [0.4, 0.5) is 0 Å². The minimum Gasteiger partial charge on any atom is -0.315 e. The molecule has 1 heterocycles. The summed E-state index contributed by atoms with van der Waals surface area (Å²) >= 11 is 0. The van der Waals surface area contributed by atoms with Gasteiger partial charge in [0.1, 0.15) is 0 Å². The Morgan fingerprint density at radius 3 is 2.54 bits per heavy atom. The normalized spacial score (nSPS) is 30.0. The van der Waals surface area contributed by atoms with Gasteiger partial charge in [-0.1, -0.05) is 12.8 Å². The summed E-state index contributed by atoms with van der Waals surface area (Å²) in [6.45, 7) is 3.68. The number of hydrogen-bond donors (Lipinski definition) is 2. The van der Waals surface area contributed by atoms with Crippen molar-refractivity contribution < 1.29 is 0 Å². The molecule has 0 aromatic rings. The molecule has 2 rings (SSSR count). The fraction of sp³-hybridized carbons (Fsp3) is 1.00. The lowest BCUT2D eigenvalue weighted by Gasteiger charge is -2.28. The van der Waals surface area contributed by atoms with Crippen molar-refractivity contribution >= 4 is 0 Å². The minimum atomic E-state index is 0.758. The first-order valence-electron chi connectivity index (χ1n) is 5.89. The lowest BCUT2D eigenvalue weighted by Crippen LogP contribution is -2.43. The molecule has 0 spiro atoms. The van der Waals surface area contributed by atoms with Crippen LogP contribution in [0.2, 0.25) is 0 Å². The van der Waals surface area contributed by atoms with E-state index in [0.717, 1.165) is 12.0 Å². The molecular formula is C11H22N2. The van der Waals surface area contributed by atoms with Gasteiger partial charge in [-0.25, -0.2) is 0 Å². The van der Waals surface area contributed by atoms with Gasteiger partial charge in [-0.3, -0.25) is 0 Å². The molecule has 1 aliphatic heterocycles. The summed E-state index contributed by atoms with van der Waals surface area (Å²) in [5, 5.41) is 7.16. The highest BCUT2D eigenvalue weighted by molar-refractivity contribution is 4.77. The van der Waals surface area contributed by atoms with E-state index in [0.29, 0.717) is 0 Å². The molecule has 0 aromatic carbocycles. The molecule has 2 fully saturated rings. The maximum Gasteiger partial charge on any atom is 0.0192 e. The molecule has 0 radical (unpaired) electrons. The van der Waals surface area contributed by atoms with E-state index in [-0.39, 0.29) is 0 Å². The standard InChI is InChI=1S/C11H22N2/c1-2-7-13-11(6-1)9-12-8-10-4-3-5-10/h10-13H,1-9H2. The van der Waals surface area contributed by atoms with Gasteiger partial charge in [-0.15, -0.1) is 0 Å². The van der Waals surface area contributed by atoms with Gasteiger partial charge in [-0.2, -0.15) is 0 Å². The van der Waals surface area contributed by atoms with E-state index in [4.69, 9.17) is 0 Å². The largest absolute Gasteiger partial charge is 0.315 e. The molecule has 13 heavy (non-hydrogen) atoms. The third-order valence-corrected chi connectivity index (χ3v) is 3.46. The van der Waals surface area contributed by atoms with Crippen molar-refractivity contribution in [3.8, 4) is 0 Å². The van der Waals surface area contributed by atoms with Crippen molar-refractivity contribution in [2.24, 2.45) is 5.92 Å². The Kier molecular flexibility index (Phi) is 3.62. The highest BCUT2D eigenvalue weighted by Gasteiger charge is 2.17. The maximum atomic E-state index is 3.59. The van der Waals surface area contributed by atoms with Gasteiger partial charge in [0.2, 0.25) is 0 Å². The lowest BCUT2D eigenvalue weighted by molar-refractivity contribution is 0.290. The van der Waals surface area contributed by atoms with Crippen molar-refractivity contribution in [1.29, 1.82) is 0 Å². The van der Waals surface area contributed by atoms with E-state index >= 15 is 0 Å². The van der Waals surface area contributed by atoms with Crippen molar-refractivity contribution in [3.63, 3.8) is 0 Å². The van der Waals surface area contributed by atoms with E-state index < -0.39 is 0 Å². The van der Waals surface area contributed by atoms with Crippen LogP contribution in [0.3, 0.4) is 0 Å². The average Bonchev–Trinajstić information content (AvgIpc) is 2.11. The fourth-order valence-corrected chi connectivity index (χ4v) is 2.26. The molecule has 1 aliphatic carbocycles. The molecule has 2 aliphatic rings. The summed E-state index contributed by atoms with van der Waals surface area (Å²) in [4.78, 5) is 0. The van der Waals surface area contributed by atoms with Gasteiger partial charge in [-0.05, 0) is 44.7 Å². The summed E-state index contributed by atoms with van der Waals surface area (Å²) in [7, 11) is 0. The molecule has 1 saturated carbocycles. The first-order valence-corrected chi connectivity index (χ1v) is 5.89. The second-order valence-corrected chi connectivity index (χ2v) is 4.60. The monoisotopic (exact) mass is 182 g/mol. The van der Waals surface area contributed by atoms with Crippen LogP contribution in [0, 0.1) is 5.92 Å². The van der Waals surface area contributed by atoms with Gasteiger partial charge in [0, 0.05) is 12.6 Å². The summed E-state index contributed by atoms with van der Waals surface area (Å²) < 4.78 is 0. The zero-order valence-corrected chi connectivity index (χ0v) is 8.52. The Morgan fingerprint density at radius 1 is 1.00 bits per heavy atom. The third kappa shape index (κ3) is 2.96. The van der Waals surface area contributed by atoms with Crippen molar-refractivity contribution in [1.82, 2.24) is 10.6 Å². The topological polar surface area (TPSA) is 24.1 Å². The Bertz CT molecular complexity index is 137. The number of piperidine rings is 1. The highest BCUT2D eigenvalue weighted by atomic mass is 15.0. The Morgan fingerprint density at radius 2 is 1.92 bits per heavy atom. The van der Waals surface area contributed by atoms with Gasteiger partial charge >= 0.3 is 0 Å². The Hall–Kier alpha value is -0.0800. The molecule has 0 amide bonds. The van der Waals surface area contributed by atoms with Gasteiger partial charge in [0.15, 0.2) is 0 Å². The van der Waals surface area contributed by atoms with Gasteiger partial charge in [0.25, 0.3) is 0 Å². The summed E-state index contributed by atoms with van der Waals surface area (Å²) in [5.74, 6) is 1.00. The molecule has 2 N–H and O–H groups in total. The smallest absolute Gasteiger partial charge is 0.0192 e. The van der Waals surface area contributed by atoms with Crippen LogP contribution in [0.15, 0.2) is 0 Å². The van der Waals surface area contributed by atoms with Crippen LogP contribution in [0.1, 0.15) is 38.5 Å². The summed E-state index contributed by atoms with van der Waals surface area (Å²) in [5.41, 5.74) is 0. The van der Waals surface area contributed by atoms with Crippen molar-refractivity contribution in [3.05, 3.63) is 0 Å². The zero-order chi connectivity index (χ0) is 8.93. The molecule has 1 atom stereocenters. The predicted octanol–water partition coefficient (Wildman–Crippen LogP) is 1.52. The van der Waals surface area contributed by atoms with E-state index in [1.54, 1.807) is 0 Å². The maximum absolute atomic E-state index is 3.59. The Labute approximate surface area is 81.5 Å². The third-order valence-electron chi connectivity index (χ3n) is 3.46. The minimum absolute atomic E-state index is 0.758. The molecule has 1 unspecified atom stereocenters. The number of nitrogens with one attached hydrogen (secondary N) is 2. The van der Waals surface area contributed by atoms with Crippen LogP contribution >= 0.6 is 0 Å². The molecule has 2 heteroatoms. The van der Waals surface area contributed by atoms with E-state index in [2.05, 4.69) is 10.6 Å². The van der Waals surface area contributed by atoms with Crippen molar-refractivity contribution in [2.75, 3.05) is 19.6 Å². The molecule has 0 aromatic heterocycles. The average molecular weight is 182 g/mol. The summed E-state index contributed by atoms with van der Waals surface area (Å²) in [6.07, 6.45) is 8.56. The summed E-state index contributed by atoms with van der Waals surface area (Å²) in [6, 6.07) is 0.758. The van der Waals surface area contributed by atoms with E-state index in [1.807, 2.05) is 0 Å². The van der Waals surface area contributed by atoms with Crippen LogP contribution in [0.25, 0.3) is 0 Å². The molecule has 1 saturated heterocycles. The van der Waals surface area contributed by atoms with E-state index in [1.165, 1.54) is 58.2 Å².